The predicted molar refractivity (Wildman–Crippen MR) is 70.1 cm³/mol. The van der Waals surface area contributed by atoms with Crippen LogP contribution in [0.3, 0.4) is 0 Å². The Labute approximate surface area is 113 Å². The number of carbonyl (C=O) groups is 1. The average molecular weight is 313 g/mol. The van der Waals surface area contributed by atoms with E-state index in [0.717, 1.165) is 10.0 Å². The fourth-order valence-electron chi connectivity index (χ4n) is 2.35. The largest absolute Gasteiger partial charge is 0.481 e. The van der Waals surface area contributed by atoms with Gasteiger partial charge in [-0.3, -0.25) is 9.80 Å². The summed E-state index contributed by atoms with van der Waals surface area (Å²) >= 11 is 3.33. The third-order valence-corrected chi connectivity index (χ3v) is 4.04. The van der Waals surface area contributed by atoms with Crippen molar-refractivity contribution in [1.29, 1.82) is 0 Å². The summed E-state index contributed by atoms with van der Waals surface area (Å²) < 4.78 is 0.916. The molecule has 6 heteroatoms. The molecule has 0 saturated carbocycles. The van der Waals surface area contributed by atoms with E-state index in [2.05, 4.69) is 21.2 Å². The highest BCUT2D eigenvalue weighted by Crippen LogP contribution is 2.36. The standard InChI is InChI=1S/C12H13BrN2O3/c13-10-3-1-9(2-4-10)12(11(16)17)5-7-15(14-18)8-6-12/h1-4H,5-8H2,(H,16,17). The Morgan fingerprint density at radius 2 is 1.83 bits per heavy atom. The van der Waals surface area contributed by atoms with Gasteiger partial charge in [0.1, 0.15) is 0 Å². The molecular weight excluding hydrogens is 300 g/mol. The molecular formula is C12H13BrN2O3. The molecule has 0 spiro atoms. The summed E-state index contributed by atoms with van der Waals surface area (Å²) in [7, 11) is 0. The first-order valence-corrected chi connectivity index (χ1v) is 6.45. The van der Waals surface area contributed by atoms with Gasteiger partial charge in [-0.15, -0.1) is 4.91 Å². The van der Waals surface area contributed by atoms with Crippen LogP contribution < -0.4 is 0 Å². The van der Waals surface area contributed by atoms with Gasteiger partial charge in [0.2, 0.25) is 0 Å². The molecule has 1 saturated heterocycles. The lowest BCUT2D eigenvalue weighted by Gasteiger charge is -2.36. The Kier molecular flexibility index (Phi) is 3.65. The number of hydrogen-bond acceptors (Lipinski definition) is 3. The minimum atomic E-state index is -0.901. The highest BCUT2D eigenvalue weighted by atomic mass is 79.9. The van der Waals surface area contributed by atoms with Gasteiger partial charge in [0.25, 0.3) is 0 Å². The van der Waals surface area contributed by atoms with Crippen LogP contribution in [0.4, 0.5) is 0 Å². The monoisotopic (exact) mass is 312 g/mol. The van der Waals surface area contributed by atoms with Crippen LogP contribution in [0.2, 0.25) is 0 Å². The normalized spacial score (nSPS) is 18.4. The maximum Gasteiger partial charge on any atom is 0.314 e. The van der Waals surface area contributed by atoms with Gasteiger partial charge in [-0.05, 0) is 30.5 Å². The van der Waals surface area contributed by atoms with Crippen molar-refractivity contribution in [3.8, 4) is 0 Å². The van der Waals surface area contributed by atoms with Crippen LogP contribution in [-0.4, -0.2) is 29.2 Å². The zero-order valence-electron chi connectivity index (χ0n) is 9.67. The summed E-state index contributed by atoms with van der Waals surface area (Å²) in [5.41, 5.74) is -0.120. The number of carboxylic acid groups (broad SMARTS) is 1. The van der Waals surface area contributed by atoms with Crippen LogP contribution in [-0.2, 0) is 10.2 Å². The summed E-state index contributed by atoms with van der Waals surface area (Å²) in [4.78, 5) is 22.1. The fourth-order valence-corrected chi connectivity index (χ4v) is 2.62. The van der Waals surface area contributed by atoms with Crippen LogP contribution in [0.15, 0.2) is 34.0 Å². The maximum absolute atomic E-state index is 11.6. The number of benzene rings is 1. The Hall–Kier alpha value is -1.43. The minimum absolute atomic E-state index is 0.381. The van der Waals surface area contributed by atoms with Gasteiger partial charge in [0.05, 0.1) is 10.7 Å². The number of nitroso groups, excluding NO2 is 1. The summed E-state index contributed by atoms with van der Waals surface area (Å²) in [6.45, 7) is 0.762. The van der Waals surface area contributed by atoms with Crippen molar-refractivity contribution in [2.75, 3.05) is 13.1 Å². The van der Waals surface area contributed by atoms with Crippen molar-refractivity contribution in [2.45, 2.75) is 18.3 Å². The quantitative estimate of drug-likeness (QED) is 0.871. The van der Waals surface area contributed by atoms with Gasteiger partial charge < -0.3 is 5.11 Å². The van der Waals surface area contributed by atoms with Crippen LogP contribution in [0.25, 0.3) is 0 Å². The fraction of sp³-hybridized carbons (Fsp3) is 0.417. The molecule has 0 unspecified atom stereocenters. The highest BCUT2D eigenvalue weighted by molar-refractivity contribution is 9.10. The maximum atomic E-state index is 11.6. The molecule has 1 fully saturated rings. The zero-order valence-corrected chi connectivity index (χ0v) is 11.3. The van der Waals surface area contributed by atoms with E-state index in [1.54, 1.807) is 0 Å². The van der Waals surface area contributed by atoms with Gasteiger partial charge in [-0.2, -0.15) is 0 Å². The smallest absolute Gasteiger partial charge is 0.314 e. The Bertz CT molecular complexity index is 453. The molecule has 0 amide bonds. The first kappa shape index (κ1) is 13.0. The van der Waals surface area contributed by atoms with E-state index in [-0.39, 0.29) is 0 Å². The lowest BCUT2D eigenvalue weighted by molar-refractivity contribution is -0.146. The third-order valence-electron chi connectivity index (χ3n) is 3.52. The molecule has 2 rings (SSSR count). The number of rotatable bonds is 3. The molecule has 1 aliphatic heterocycles. The molecule has 0 bridgehead atoms. The molecule has 0 atom stereocenters. The van der Waals surface area contributed by atoms with E-state index >= 15 is 0 Å². The van der Waals surface area contributed by atoms with Crippen molar-refractivity contribution in [2.24, 2.45) is 5.29 Å². The molecule has 18 heavy (non-hydrogen) atoms. The first-order chi connectivity index (χ1) is 8.58. The molecule has 1 aliphatic rings. The molecule has 0 aromatic heterocycles. The van der Waals surface area contributed by atoms with E-state index in [1.165, 1.54) is 5.01 Å². The predicted octanol–water partition coefficient (Wildman–Crippen LogP) is 2.55. The lowest BCUT2D eigenvalue weighted by Crippen LogP contribution is -2.45. The third kappa shape index (κ3) is 2.25. The summed E-state index contributed by atoms with van der Waals surface area (Å²) in [5, 5.41) is 13.8. The van der Waals surface area contributed by atoms with E-state index in [1.807, 2.05) is 24.3 Å². The topological polar surface area (TPSA) is 70.0 Å². The van der Waals surface area contributed by atoms with Gasteiger partial charge in [-0.1, -0.05) is 28.1 Å². The van der Waals surface area contributed by atoms with E-state index in [0.29, 0.717) is 25.9 Å². The van der Waals surface area contributed by atoms with Crippen LogP contribution in [0, 0.1) is 4.91 Å². The van der Waals surface area contributed by atoms with Gasteiger partial charge in [0.15, 0.2) is 0 Å². The van der Waals surface area contributed by atoms with Crippen LogP contribution >= 0.6 is 15.9 Å². The number of hydrogen-bond donors (Lipinski definition) is 1. The van der Waals surface area contributed by atoms with Crippen molar-refractivity contribution in [1.82, 2.24) is 5.01 Å². The Morgan fingerprint density at radius 3 is 2.28 bits per heavy atom. The van der Waals surface area contributed by atoms with E-state index in [4.69, 9.17) is 0 Å². The van der Waals surface area contributed by atoms with Crippen LogP contribution in [0.5, 0.6) is 0 Å². The van der Waals surface area contributed by atoms with E-state index < -0.39 is 11.4 Å². The van der Waals surface area contributed by atoms with E-state index in [9.17, 15) is 14.8 Å². The number of carboxylic acids is 1. The first-order valence-electron chi connectivity index (χ1n) is 5.66. The van der Waals surface area contributed by atoms with Gasteiger partial charge >= 0.3 is 5.97 Å². The summed E-state index contributed by atoms with van der Waals surface area (Å²) in [6.07, 6.45) is 0.797. The van der Waals surface area contributed by atoms with Crippen LogP contribution in [0.1, 0.15) is 18.4 Å². The Balaban J connectivity index is 2.31. The molecule has 1 heterocycles. The van der Waals surface area contributed by atoms with Crippen molar-refractivity contribution in [3.05, 3.63) is 39.2 Å². The van der Waals surface area contributed by atoms with Crippen molar-refractivity contribution >= 4 is 21.9 Å². The molecule has 1 aromatic rings. The number of aliphatic carboxylic acids is 1. The number of piperidine rings is 1. The molecule has 5 nitrogen and oxygen atoms in total. The summed E-state index contributed by atoms with van der Waals surface area (Å²) in [6, 6.07) is 7.32. The lowest BCUT2D eigenvalue weighted by atomic mass is 9.73. The summed E-state index contributed by atoms with van der Waals surface area (Å²) in [5.74, 6) is -0.838. The molecule has 1 aromatic carbocycles. The van der Waals surface area contributed by atoms with Crippen molar-refractivity contribution < 1.29 is 9.90 Å². The number of halogens is 1. The SMILES string of the molecule is O=NN1CCC(C(=O)O)(c2ccc(Br)cc2)CC1. The van der Waals surface area contributed by atoms with Gasteiger partial charge in [-0.25, -0.2) is 0 Å². The average Bonchev–Trinajstić information content (AvgIpc) is 2.39. The van der Waals surface area contributed by atoms with Crippen molar-refractivity contribution in [3.63, 3.8) is 0 Å². The second-order valence-corrected chi connectivity index (χ2v) is 5.35. The second-order valence-electron chi connectivity index (χ2n) is 4.43. The zero-order chi connectivity index (χ0) is 13.2. The molecule has 0 radical (unpaired) electrons. The van der Waals surface area contributed by atoms with Gasteiger partial charge in [0, 0.05) is 17.6 Å². The number of nitrogens with zero attached hydrogens (tertiary/aromatic N) is 2. The molecule has 1 N–H and O–H groups in total. The second kappa shape index (κ2) is 5.06. The highest BCUT2D eigenvalue weighted by Gasteiger charge is 2.43. The molecule has 96 valence electrons. The minimum Gasteiger partial charge on any atom is -0.481 e. The Morgan fingerprint density at radius 1 is 1.28 bits per heavy atom. The molecule has 0 aliphatic carbocycles.